The fourth-order valence-electron chi connectivity index (χ4n) is 1.86. The van der Waals surface area contributed by atoms with Gasteiger partial charge in [-0.1, -0.05) is 12.1 Å². The van der Waals surface area contributed by atoms with Crippen LogP contribution in [0.25, 0.3) is 0 Å². The lowest BCUT2D eigenvalue weighted by Crippen LogP contribution is -2.16. The van der Waals surface area contributed by atoms with E-state index in [0.717, 1.165) is 0 Å². The van der Waals surface area contributed by atoms with Gasteiger partial charge in [-0.2, -0.15) is 0 Å². The third-order valence-corrected chi connectivity index (χ3v) is 2.93. The van der Waals surface area contributed by atoms with Crippen molar-refractivity contribution < 1.29 is 19.4 Å². The summed E-state index contributed by atoms with van der Waals surface area (Å²) in [4.78, 5) is 11.4. The molecule has 19 heavy (non-hydrogen) atoms. The summed E-state index contributed by atoms with van der Waals surface area (Å²) in [6.45, 7) is 4.52. The Hall–Kier alpha value is -1.55. The van der Waals surface area contributed by atoms with Crippen molar-refractivity contribution in [2.45, 2.75) is 26.7 Å². The third kappa shape index (κ3) is 5.30. The molecular weight excluding hydrogens is 244 g/mol. The van der Waals surface area contributed by atoms with Crippen molar-refractivity contribution in [3.8, 4) is 11.5 Å². The van der Waals surface area contributed by atoms with Crippen LogP contribution in [-0.2, 0) is 4.79 Å². The van der Waals surface area contributed by atoms with Crippen molar-refractivity contribution in [2.24, 2.45) is 5.92 Å². The number of aliphatic hydroxyl groups is 1. The van der Waals surface area contributed by atoms with Gasteiger partial charge in [0.2, 0.25) is 0 Å². The lowest BCUT2D eigenvalue weighted by Gasteiger charge is -2.15. The highest BCUT2D eigenvalue weighted by atomic mass is 16.5. The molecule has 0 radical (unpaired) electrons. The van der Waals surface area contributed by atoms with Crippen molar-refractivity contribution >= 4 is 5.78 Å². The molecule has 0 aliphatic heterocycles. The molecule has 4 nitrogen and oxygen atoms in total. The van der Waals surface area contributed by atoms with Crippen LogP contribution in [0.4, 0.5) is 0 Å². The molecule has 0 aliphatic carbocycles. The van der Waals surface area contributed by atoms with Gasteiger partial charge in [-0.05, 0) is 38.8 Å². The predicted octanol–water partition coefficient (Wildman–Crippen LogP) is 2.44. The summed E-state index contributed by atoms with van der Waals surface area (Å²) in [6.07, 6.45) is 1.10. The Morgan fingerprint density at radius 1 is 1.21 bits per heavy atom. The van der Waals surface area contributed by atoms with Gasteiger partial charge in [0.05, 0.1) is 13.2 Å². The van der Waals surface area contributed by atoms with Crippen molar-refractivity contribution in [1.29, 1.82) is 0 Å². The van der Waals surface area contributed by atoms with Gasteiger partial charge >= 0.3 is 0 Å². The van der Waals surface area contributed by atoms with Gasteiger partial charge in [-0.15, -0.1) is 0 Å². The van der Waals surface area contributed by atoms with E-state index in [2.05, 4.69) is 0 Å². The van der Waals surface area contributed by atoms with Crippen LogP contribution in [0.15, 0.2) is 24.3 Å². The number of para-hydroxylation sites is 2. The second-order valence-electron chi connectivity index (χ2n) is 4.34. The quantitative estimate of drug-likeness (QED) is 0.746. The van der Waals surface area contributed by atoms with Crippen LogP contribution in [0.1, 0.15) is 26.7 Å². The molecule has 0 amide bonds. The first kappa shape index (κ1) is 15.5. The number of rotatable bonds is 9. The molecule has 1 aromatic carbocycles. The van der Waals surface area contributed by atoms with Crippen molar-refractivity contribution in [1.82, 2.24) is 0 Å². The molecule has 0 saturated heterocycles. The van der Waals surface area contributed by atoms with E-state index >= 15 is 0 Å². The summed E-state index contributed by atoms with van der Waals surface area (Å²) in [5.74, 6) is 1.36. The minimum absolute atomic E-state index is 0.0276. The topological polar surface area (TPSA) is 55.8 Å². The molecule has 106 valence electrons. The molecule has 0 heterocycles. The summed E-state index contributed by atoms with van der Waals surface area (Å²) in [7, 11) is 0. The lowest BCUT2D eigenvalue weighted by molar-refractivity contribution is -0.121. The van der Waals surface area contributed by atoms with Gasteiger partial charge in [0, 0.05) is 12.5 Å². The molecule has 0 saturated carbocycles. The van der Waals surface area contributed by atoms with E-state index in [9.17, 15) is 4.79 Å². The minimum Gasteiger partial charge on any atom is -0.490 e. The number of Topliss-reactive ketones (excluding diaryl/α,β-unsaturated/α-hetero) is 1. The average Bonchev–Trinajstić information content (AvgIpc) is 2.40. The van der Waals surface area contributed by atoms with Crippen LogP contribution < -0.4 is 9.47 Å². The molecule has 1 aromatic rings. The van der Waals surface area contributed by atoms with Crippen LogP contribution in [-0.4, -0.2) is 30.7 Å². The van der Waals surface area contributed by atoms with E-state index in [1.807, 2.05) is 31.2 Å². The first-order valence-electron chi connectivity index (χ1n) is 6.65. The van der Waals surface area contributed by atoms with Gasteiger partial charge in [0.25, 0.3) is 0 Å². The molecular formula is C15H22O4. The van der Waals surface area contributed by atoms with Crippen LogP contribution in [0.2, 0.25) is 0 Å². The van der Waals surface area contributed by atoms with E-state index in [0.29, 0.717) is 37.6 Å². The highest BCUT2D eigenvalue weighted by Gasteiger charge is 2.14. The maximum atomic E-state index is 11.4. The van der Waals surface area contributed by atoms with E-state index in [1.165, 1.54) is 0 Å². The van der Waals surface area contributed by atoms with Crippen LogP contribution >= 0.6 is 0 Å². The smallest absolute Gasteiger partial charge is 0.161 e. The molecule has 0 spiro atoms. The third-order valence-electron chi connectivity index (χ3n) is 2.93. The highest BCUT2D eigenvalue weighted by molar-refractivity contribution is 5.78. The van der Waals surface area contributed by atoms with Crippen molar-refractivity contribution in [3.05, 3.63) is 24.3 Å². The maximum Gasteiger partial charge on any atom is 0.161 e. The van der Waals surface area contributed by atoms with Crippen LogP contribution in [0, 0.1) is 5.92 Å². The Bertz CT molecular complexity index is 389. The molecule has 1 unspecified atom stereocenters. The number of carbonyl (C=O) groups excluding carboxylic acids is 1. The fourth-order valence-corrected chi connectivity index (χ4v) is 1.86. The number of aliphatic hydroxyl groups excluding tert-OH is 1. The van der Waals surface area contributed by atoms with Crippen LogP contribution in [0.3, 0.4) is 0 Å². The van der Waals surface area contributed by atoms with Gasteiger partial charge in [-0.25, -0.2) is 0 Å². The Morgan fingerprint density at radius 2 is 1.84 bits per heavy atom. The second kappa shape index (κ2) is 8.53. The molecule has 0 aliphatic rings. The van der Waals surface area contributed by atoms with Crippen molar-refractivity contribution in [3.63, 3.8) is 0 Å². The Kier molecular flexibility index (Phi) is 6.97. The number of ketones is 1. The zero-order chi connectivity index (χ0) is 14.1. The molecule has 4 heteroatoms. The largest absolute Gasteiger partial charge is 0.490 e. The van der Waals surface area contributed by atoms with E-state index in [1.54, 1.807) is 6.92 Å². The summed E-state index contributed by atoms with van der Waals surface area (Å²) in [6, 6.07) is 7.48. The predicted molar refractivity (Wildman–Crippen MR) is 73.6 cm³/mol. The molecule has 0 aromatic heterocycles. The highest BCUT2D eigenvalue weighted by Crippen LogP contribution is 2.26. The second-order valence-corrected chi connectivity index (χ2v) is 4.34. The fraction of sp³-hybridized carbons (Fsp3) is 0.533. The normalized spacial score (nSPS) is 11.9. The zero-order valence-corrected chi connectivity index (χ0v) is 11.6. The van der Waals surface area contributed by atoms with E-state index in [-0.39, 0.29) is 18.3 Å². The number of hydrogen-bond donors (Lipinski definition) is 1. The summed E-state index contributed by atoms with van der Waals surface area (Å²) in [5, 5.41) is 8.90. The molecule has 0 fully saturated rings. The first-order valence-corrected chi connectivity index (χ1v) is 6.65. The van der Waals surface area contributed by atoms with E-state index in [4.69, 9.17) is 14.6 Å². The number of hydrogen-bond acceptors (Lipinski definition) is 4. The number of carbonyl (C=O) groups is 1. The zero-order valence-electron chi connectivity index (χ0n) is 11.6. The SMILES string of the molecule is CCOc1ccccc1OCCC(CCO)C(C)=O. The van der Waals surface area contributed by atoms with E-state index < -0.39 is 0 Å². The van der Waals surface area contributed by atoms with Gasteiger partial charge < -0.3 is 14.6 Å². The monoisotopic (exact) mass is 266 g/mol. The van der Waals surface area contributed by atoms with Crippen LogP contribution in [0.5, 0.6) is 11.5 Å². The number of benzene rings is 1. The maximum absolute atomic E-state index is 11.4. The lowest BCUT2D eigenvalue weighted by atomic mass is 9.98. The minimum atomic E-state index is -0.135. The Labute approximate surface area is 114 Å². The Morgan fingerprint density at radius 3 is 2.37 bits per heavy atom. The molecule has 1 rings (SSSR count). The van der Waals surface area contributed by atoms with Gasteiger partial charge in [0.15, 0.2) is 11.5 Å². The summed E-state index contributed by atoms with van der Waals surface area (Å²) >= 11 is 0. The number of ether oxygens (including phenoxy) is 2. The first-order chi connectivity index (χ1) is 9.19. The van der Waals surface area contributed by atoms with Gasteiger partial charge in [0.1, 0.15) is 5.78 Å². The van der Waals surface area contributed by atoms with Crippen molar-refractivity contribution in [2.75, 3.05) is 19.8 Å². The standard InChI is InChI=1S/C15H22O4/c1-3-18-14-6-4-5-7-15(14)19-11-9-13(8-10-16)12(2)17/h4-7,13,16H,3,8-11H2,1-2H3. The van der Waals surface area contributed by atoms with Gasteiger partial charge in [-0.3, -0.25) is 4.79 Å². The molecule has 1 N–H and O–H groups in total. The molecule has 1 atom stereocenters. The summed E-state index contributed by atoms with van der Waals surface area (Å²) in [5.41, 5.74) is 0. The Balaban J connectivity index is 2.50. The summed E-state index contributed by atoms with van der Waals surface area (Å²) < 4.78 is 11.1. The average molecular weight is 266 g/mol. The molecule has 0 bridgehead atoms.